The number of nitrogens with zero attached hydrogens (tertiary/aromatic N) is 1. The normalized spacial score (nSPS) is 10.9. The van der Waals surface area contributed by atoms with Crippen LogP contribution in [0.3, 0.4) is 0 Å². The molecule has 2 aromatic rings. The SMILES string of the molecule is CCOC(=O)CCn1c(=S)[nH]c2sc(CC)cc2c1=O. The Kier molecular flexibility index (Phi) is 4.72. The number of carbonyl (C=O) groups is 1. The second-order valence-corrected chi connectivity index (χ2v) is 5.77. The molecule has 0 aliphatic carbocycles. The first kappa shape index (κ1) is 14.9. The van der Waals surface area contributed by atoms with E-state index in [0.717, 1.165) is 16.1 Å². The van der Waals surface area contributed by atoms with Gasteiger partial charge in [0.15, 0.2) is 4.77 Å². The lowest BCUT2D eigenvalue weighted by Gasteiger charge is -2.06. The number of aryl methyl sites for hydroxylation is 1. The maximum absolute atomic E-state index is 12.4. The molecule has 0 amide bonds. The van der Waals surface area contributed by atoms with Crippen LogP contribution in [0.5, 0.6) is 0 Å². The van der Waals surface area contributed by atoms with Gasteiger partial charge in [0.25, 0.3) is 5.56 Å². The summed E-state index contributed by atoms with van der Waals surface area (Å²) in [4.78, 5) is 28.7. The predicted molar refractivity (Wildman–Crippen MR) is 81.9 cm³/mol. The second kappa shape index (κ2) is 6.32. The summed E-state index contributed by atoms with van der Waals surface area (Å²) >= 11 is 6.73. The fourth-order valence-corrected chi connectivity index (χ4v) is 3.24. The summed E-state index contributed by atoms with van der Waals surface area (Å²) in [7, 11) is 0. The number of ether oxygens (including phenoxy) is 1. The lowest BCUT2D eigenvalue weighted by molar-refractivity contribution is -0.143. The van der Waals surface area contributed by atoms with Crippen LogP contribution in [-0.2, 0) is 22.5 Å². The monoisotopic (exact) mass is 312 g/mol. The van der Waals surface area contributed by atoms with Gasteiger partial charge in [-0.2, -0.15) is 0 Å². The Morgan fingerprint density at radius 3 is 2.90 bits per heavy atom. The molecule has 0 unspecified atom stereocenters. The first-order valence-corrected chi connectivity index (χ1v) is 7.70. The van der Waals surface area contributed by atoms with Crippen molar-refractivity contribution in [3.8, 4) is 0 Å². The van der Waals surface area contributed by atoms with Gasteiger partial charge in [0.1, 0.15) is 4.83 Å². The van der Waals surface area contributed by atoms with Gasteiger partial charge in [-0.3, -0.25) is 14.2 Å². The van der Waals surface area contributed by atoms with Gasteiger partial charge in [-0.15, -0.1) is 11.3 Å². The second-order valence-electron chi connectivity index (χ2n) is 4.25. The van der Waals surface area contributed by atoms with Crippen LogP contribution >= 0.6 is 23.6 Å². The molecular weight excluding hydrogens is 296 g/mol. The average Bonchev–Trinajstić information content (AvgIpc) is 2.82. The molecule has 108 valence electrons. The smallest absolute Gasteiger partial charge is 0.307 e. The number of nitrogens with one attached hydrogen (secondary N) is 1. The summed E-state index contributed by atoms with van der Waals surface area (Å²) in [6.45, 7) is 4.36. The topological polar surface area (TPSA) is 64.1 Å². The molecule has 5 nitrogen and oxygen atoms in total. The highest BCUT2D eigenvalue weighted by molar-refractivity contribution is 7.71. The molecule has 0 aliphatic rings. The van der Waals surface area contributed by atoms with E-state index in [4.69, 9.17) is 17.0 Å². The lowest BCUT2D eigenvalue weighted by Crippen LogP contribution is -2.23. The fourth-order valence-electron chi connectivity index (χ4n) is 1.91. The number of esters is 1. The summed E-state index contributed by atoms with van der Waals surface area (Å²) in [6, 6.07) is 1.88. The number of hydrogen-bond donors (Lipinski definition) is 1. The van der Waals surface area contributed by atoms with E-state index < -0.39 is 0 Å². The Balaban J connectivity index is 2.36. The van der Waals surface area contributed by atoms with Crippen LogP contribution in [0.15, 0.2) is 10.9 Å². The average molecular weight is 312 g/mol. The number of H-pyrrole nitrogens is 1. The molecule has 7 heteroatoms. The zero-order valence-electron chi connectivity index (χ0n) is 11.4. The predicted octanol–water partition coefficient (Wildman–Crippen LogP) is 2.64. The molecule has 0 aliphatic heterocycles. The molecule has 0 radical (unpaired) electrons. The number of fused-ring (bicyclic) bond motifs is 1. The minimum absolute atomic E-state index is 0.140. The van der Waals surface area contributed by atoms with E-state index in [2.05, 4.69) is 4.98 Å². The van der Waals surface area contributed by atoms with Crippen molar-refractivity contribution >= 4 is 39.7 Å². The van der Waals surface area contributed by atoms with Crippen LogP contribution < -0.4 is 5.56 Å². The van der Waals surface area contributed by atoms with Crippen LogP contribution in [0.4, 0.5) is 0 Å². The lowest BCUT2D eigenvalue weighted by atomic mass is 10.3. The third-order valence-corrected chi connectivity index (χ3v) is 4.43. The highest BCUT2D eigenvalue weighted by atomic mass is 32.1. The number of rotatable bonds is 5. The number of aromatic amines is 1. The van der Waals surface area contributed by atoms with Gasteiger partial charge in [-0.1, -0.05) is 6.92 Å². The van der Waals surface area contributed by atoms with Crippen LogP contribution in [0.25, 0.3) is 10.2 Å². The van der Waals surface area contributed by atoms with Crippen molar-refractivity contribution < 1.29 is 9.53 Å². The molecular formula is C13H16N2O3S2. The first-order valence-electron chi connectivity index (χ1n) is 6.48. The highest BCUT2D eigenvalue weighted by Crippen LogP contribution is 2.21. The van der Waals surface area contributed by atoms with Crippen molar-refractivity contribution in [2.24, 2.45) is 0 Å². The quantitative estimate of drug-likeness (QED) is 0.681. The van der Waals surface area contributed by atoms with Crippen molar-refractivity contribution in [1.29, 1.82) is 0 Å². The van der Waals surface area contributed by atoms with Gasteiger partial charge < -0.3 is 9.72 Å². The Hall–Kier alpha value is -1.47. The van der Waals surface area contributed by atoms with Crippen LogP contribution in [-0.4, -0.2) is 22.1 Å². The number of carbonyl (C=O) groups excluding carboxylic acids is 1. The Labute approximate surface area is 125 Å². The van der Waals surface area contributed by atoms with Crippen molar-refractivity contribution in [2.45, 2.75) is 33.2 Å². The summed E-state index contributed by atoms with van der Waals surface area (Å²) in [5, 5.41) is 0.629. The van der Waals surface area contributed by atoms with Gasteiger partial charge in [0, 0.05) is 11.4 Å². The van der Waals surface area contributed by atoms with E-state index in [-0.39, 0.29) is 24.5 Å². The van der Waals surface area contributed by atoms with Crippen LogP contribution in [0, 0.1) is 4.77 Å². The summed E-state index contributed by atoms with van der Waals surface area (Å²) in [6.07, 6.45) is 1.02. The van der Waals surface area contributed by atoms with Gasteiger partial charge >= 0.3 is 5.97 Å². The Bertz CT molecular complexity index is 742. The largest absolute Gasteiger partial charge is 0.466 e. The molecule has 0 aromatic carbocycles. The van der Waals surface area contributed by atoms with Crippen molar-refractivity contribution in [3.63, 3.8) is 0 Å². The maximum atomic E-state index is 12.4. The van der Waals surface area contributed by atoms with Crippen molar-refractivity contribution in [1.82, 2.24) is 9.55 Å². The minimum Gasteiger partial charge on any atom is -0.466 e. The maximum Gasteiger partial charge on any atom is 0.307 e. The first-order chi connectivity index (χ1) is 9.56. The van der Waals surface area contributed by atoms with E-state index in [0.29, 0.717) is 16.8 Å². The van der Waals surface area contributed by atoms with Gasteiger partial charge in [-0.05, 0) is 31.6 Å². The summed E-state index contributed by atoms with van der Waals surface area (Å²) < 4.78 is 6.62. The van der Waals surface area contributed by atoms with Crippen molar-refractivity contribution in [3.05, 3.63) is 26.1 Å². The number of thiophene rings is 1. The molecule has 0 saturated carbocycles. The molecule has 2 rings (SSSR count). The third kappa shape index (κ3) is 2.99. The standard InChI is InChI=1S/C13H16N2O3S2/c1-3-8-7-9-11(20-8)14-13(19)15(12(9)17)6-5-10(16)18-4-2/h7H,3-6H2,1-2H3,(H,14,19). The minimum atomic E-state index is -0.325. The van der Waals surface area contributed by atoms with Gasteiger partial charge in [0.2, 0.25) is 0 Å². The Morgan fingerprint density at radius 2 is 2.25 bits per heavy atom. The summed E-state index contributed by atoms with van der Waals surface area (Å²) in [5.41, 5.74) is -0.149. The zero-order chi connectivity index (χ0) is 14.7. The highest BCUT2D eigenvalue weighted by Gasteiger charge is 2.10. The summed E-state index contributed by atoms with van der Waals surface area (Å²) in [5.74, 6) is -0.325. The molecule has 0 spiro atoms. The van der Waals surface area contributed by atoms with Crippen LogP contribution in [0.2, 0.25) is 0 Å². The molecule has 1 N–H and O–H groups in total. The van der Waals surface area contributed by atoms with Gasteiger partial charge in [-0.25, -0.2) is 0 Å². The van der Waals surface area contributed by atoms with E-state index in [1.165, 1.54) is 15.9 Å². The van der Waals surface area contributed by atoms with E-state index in [9.17, 15) is 9.59 Å². The fraction of sp³-hybridized carbons (Fsp3) is 0.462. The molecule has 2 heterocycles. The third-order valence-electron chi connectivity index (χ3n) is 2.92. The number of hydrogen-bond acceptors (Lipinski definition) is 5. The van der Waals surface area contributed by atoms with E-state index in [1.807, 2.05) is 13.0 Å². The molecule has 0 atom stereocenters. The molecule has 2 aromatic heterocycles. The van der Waals surface area contributed by atoms with Gasteiger partial charge in [0.05, 0.1) is 18.4 Å². The van der Waals surface area contributed by atoms with E-state index >= 15 is 0 Å². The number of aromatic nitrogens is 2. The molecule has 0 bridgehead atoms. The molecule has 0 fully saturated rings. The molecule has 20 heavy (non-hydrogen) atoms. The Morgan fingerprint density at radius 1 is 1.50 bits per heavy atom. The van der Waals surface area contributed by atoms with Crippen molar-refractivity contribution in [2.75, 3.05) is 6.61 Å². The zero-order valence-corrected chi connectivity index (χ0v) is 13.0. The van der Waals surface area contributed by atoms with Crippen LogP contribution in [0.1, 0.15) is 25.1 Å². The van der Waals surface area contributed by atoms with E-state index in [1.54, 1.807) is 6.92 Å². The molecule has 0 saturated heterocycles.